The fraction of sp³-hybridized carbons (Fsp3) is 0.552. The molecule has 1 aliphatic carbocycles. The summed E-state index contributed by atoms with van der Waals surface area (Å²) in [5.74, 6) is 0.408. The number of carbonyl (C=O) groups excluding carboxylic acids is 1. The third kappa shape index (κ3) is 6.75. The molecule has 0 aliphatic heterocycles. The van der Waals surface area contributed by atoms with E-state index in [4.69, 9.17) is 5.73 Å². The predicted molar refractivity (Wildman–Crippen MR) is 142 cm³/mol. The first-order chi connectivity index (χ1) is 15.8. The zero-order valence-electron chi connectivity index (χ0n) is 21.8. The van der Waals surface area contributed by atoms with Gasteiger partial charge in [0.05, 0.1) is 0 Å². The van der Waals surface area contributed by atoms with Crippen molar-refractivity contribution in [1.82, 2.24) is 5.32 Å². The van der Waals surface area contributed by atoms with E-state index in [0.717, 1.165) is 60.9 Å². The second-order valence-electron chi connectivity index (χ2n) is 11.9. The van der Waals surface area contributed by atoms with E-state index in [-0.39, 0.29) is 28.9 Å². The summed E-state index contributed by atoms with van der Waals surface area (Å²) in [4.78, 5) is 12.7. The maximum atomic E-state index is 12.7. The van der Waals surface area contributed by atoms with E-state index < -0.39 is 0 Å². The first kappa shape index (κ1) is 26.1. The Morgan fingerprint density at radius 3 is 2.06 bits per heavy atom. The van der Waals surface area contributed by atoms with Crippen molar-refractivity contribution in [3.8, 4) is 5.75 Å². The standard InChI is InChI=1S/C29H43N3O2/c1-28(2,3)23-17-19(18-24(26(23)33)29(4,5)6)11-12-20-9-7-8-10-25(20)32-27(34)31-22-15-13-21(30)14-16-22/h7-10,17-18,21-22,33H,11-16,30H2,1-6H3,(H2,31,32,34). The Bertz CT molecular complexity index is 958. The molecule has 5 heteroatoms. The number of amides is 2. The van der Waals surface area contributed by atoms with Gasteiger partial charge < -0.3 is 21.5 Å². The van der Waals surface area contributed by atoms with Crippen LogP contribution >= 0.6 is 0 Å². The first-order valence-electron chi connectivity index (χ1n) is 12.6. The summed E-state index contributed by atoms with van der Waals surface area (Å²) in [6.45, 7) is 12.8. The number of phenolic OH excluding ortho intramolecular Hbond substituents is 1. The molecule has 0 spiro atoms. The highest BCUT2D eigenvalue weighted by atomic mass is 16.3. The molecule has 0 heterocycles. The van der Waals surface area contributed by atoms with Gasteiger partial charge >= 0.3 is 6.03 Å². The van der Waals surface area contributed by atoms with Crippen LogP contribution in [-0.2, 0) is 23.7 Å². The van der Waals surface area contributed by atoms with E-state index in [0.29, 0.717) is 5.75 Å². The van der Waals surface area contributed by atoms with Crippen molar-refractivity contribution in [3.05, 3.63) is 58.7 Å². The molecule has 5 N–H and O–H groups in total. The summed E-state index contributed by atoms with van der Waals surface area (Å²) in [7, 11) is 0. The number of anilines is 1. The number of benzene rings is 2. The molecule has 2 aromatic carbocycles. The Morgan fingerprint density at radius 2 is 1.50 bits per heavy atom. The molecule has 5 nitrogen and oxygen atoms in total. The quantitative estimate of drug-likeness (QED) is 0.426. The van der Waals surface area contributed by atoms with Crippen LogP contribution in [0.1, 0.15) is 89.5 Å². The number of carbonyl (C=O) groups is 1. The van der Waals surface area contributed by atoms with Gasteiger partial charge in [0.15, 0.2) is 0 Å². The van der Waals surface area contributed by atoms with E-state index in [9.17, 15) is 9.90 Å². The molecule has 0 radical (unpaired) electrons. The number of nitrogens with two attached hydrogens (primary N) is 1. The highest BCUT2D eigenvalue weighted by Crippen LogP contribution is 2.40. The van der Waals surface area contributed by atoms with Crippen LogP contribution in [0.4, 0.5) is 10.5 Å². The van der Waals surface area contributed by atoms with E-state index in [2.05, 4.69) is 70.4 Å². The third-order valence-electron chi connectivity index (χ3n) is 6.84. The zero-order chi connectivity index (χ0) is 25.1. The number of urea groups is 1. The van der Waals surface area contributed by atoms with Gasteiger partial charge in [-0.25, -0.2) is 4.79 Å². The lowest BCUT2D eigenvalue weighted by Gasteiger charge is -2.28. The summed E-state index contributed by atoms with van der Waals surface area (Å²) < 4.78 is 0. The molecular formula is C29H43N3O2. The van der Waals surface area contributed by atoms with Crippen molar-refractivity contribution in [3.63, 3.8) is 0 Å². The second-order valence-corrected chi connectivity index (χ2v) is 11.9. The Hall–Kier alpha value is -2.53. The molecule has 1 fully saturated rings. The van der Waals surface area contributed by atoms with Crippen LogP contribution in [0.2, 0.25) is 0 Å². The number of phenols is 1. The van der Waals surface area contributed by atoms with Gasteiger partial charge in [0.1, 0.15) is 5.75 Å². The largest absolute Gasteiger partial charge is 0.507 e. The summed E-state index contributed by atoms with van der Waals surface area (Å²) in [6.07, 6.45) is 5.41. The van der Waals surface area contributed by atoms with E-state index in [1.54, 1.807) is 0 Å². The van der Waals surface area contributed by atoms with Gasteiger partial charge in [0.2, 0.25) is 0 Å². The molecule has 0 atom stereocenters. The number of para-hydroxylation sites is 1. The Morgan fingerprint density at radius 1 is 0.941 bits per heavy atom. The number of hydrogen-bond acceptors (Lipinski definition) is 3. The van der Waals surface area contributed by atoms with E-state index in [1.807, 2.05) is 18.2 Å². The highest BCUT2D eigenvalue weighted by Gasteiger charge is 2.26. The number of hydrogen-bond donors (Lipinski definition) is 4. The summed E-state index contributed by atoms with van der Waals surface area (Å²) in [5.41, 5.74) is 10.8. The van der Waals surface area contributed by atoms with Crippen LogP contribution in [-0.4, -0.2) is 23.2 Å². The van der Waals surface area contributed by atoms with Crippen molar-refractivity contribution in [2.24, 2.45) is 5.73 Å². The molecule has 0 aromatic heterocycles. The minimum atomic E-state index is -0.152. The average molecular weight is 466 g/mol. The van der Waals surface area contributed by atoms with Crippen molar-refractivity contribution in [2.75, 3.05) is 5.32 Å². The Kier molecular flexibility index (Phi) is 7.97. The highest BCUT2D eigenvalue weighted by molar-refractivity contribution is 5.90. The topological polar surface area (TPSA) is 87.4 Å². The minimum Gasteiger partial charge on any atom is -0.507 e. The van der Waals surface area contributed by atoms with Gasteiger partial charge in [0, 0.05) is 17.8 Å². The van der Waals surface area contributed by atoms with Gasteiger partial charge in [-0.1, -0.05) is 71.9 Å². The maximum absolute atomic E-state index is 12.7. The van der Waals surface area contributed by atoms with Crippen LogP contribution in [0.5, 0.6) is 5.75 Å². The fourth-order valence-corrected chi connectivity index (χ4v) is 4.73. The zero-order valence-corrected chi connectivity index (χ0v) is 21.8. The molecule has 3 rings (SSSR count). The van der Waals surface area contributed by atoms with Gasteiger partial charge in [-0.05, 0) is 77.7 Å². The number of nitrogens with one attached hydrogen (secondary N) is 2. The monoisotopic (exact) mass is 465 g/mol. The van der Waals surface area contributed by atoms with Crippen LogP contribution < -0.4 is 16.4 Å². The fourth-order valence-electron chi connectivity index (χ4n) is 4.73. The van der Waals surface area contributed by atoms with Gasteiger partial charge in [-0.2, -0.15) is 0 Å². The van der Waals surface area contributed by atoms with Crippen molar-refractivity contribution >= 4 is 11.7 Å². The normalized spacial score (nSPS) is 19.0. The lowest BCUT2D eigenvalue weighted by molar-refractivity contribution is 0.242. The second kappa shape index (κ2) is 10.4. The van der Waals surface area contributed by atoms with Crippen molar-refractivity contribution in [1.29, 1.82) is 0 Å². The smallest absolute Gasteiger partial charge is 0.319 e. The van der Waals surface area contributed by atoms with E-state index in [1.165, 1.54) is 5.56 Å². The molecule has 1 saturated carbocycles. The predicted octanol–water partition coefficient (Wildman–Crippen LogP) is 6.16. The molecule has 2 amide bonds. The molecule has 0 bridgehead atoms. The maximum Gasteiger partial charge on any atom is 0.319 e. The molecule has 34 heavy (non-hydrogen) atoms. The summed E-state index contributed by atoms with van der Waals surface area (Å²) in [5, 5.41) is 17.2. The van der Waals surface area contributed by atoms with Crippen molar-refractivity contribution < 1.29 is 9.90 Å². The van der Waals surface area contributed by atoms with Gasteiger partial charge in [-0.3, -0.25) is 0 Å². The van der Waals surface area contributed by atoms with Crippen molar-refractivity contribution in [2.45, 2.75) is 103 Å². The molecular weight excluding hydrogens is 422 g/mol. The average Bonchev–Trinajstić information content (AvgIpc) is 2.74. The number of rotatable bonds is 5. The number of aromatic hydroxyl groups is 1. The summed E-state index contributed by atoms with van der Waals surface area (Å²) >= 11 is 0. The molecule has 1 aliphatic rings. The van der Waals surface area contributed by atoms with E-state index >= 15 is 0 Å². The van der Waals surface area contributed by atoms with Crippen LogP contribution in [0, 0.1) is 0 Å². The SMILES string of the molecule is CC(C)(C)c1cc(CCc2ccccc2NC(=O)NC2CCC(N)CC2)cc(C(C)(C)C)c1O. The minimum absolute atomic E-state index is 0.150. The molecule has 0 unspecified atom stereocenters. The third-order valence-corrected chi connectivity index (χ3v) is 6.84. The molecule has 186 valence electrons. The Labute approximate surface area is 205 Å². The van der Waals surface area contributed by atoms with Crippen LogP contribution in [0.15, 0.2) is 36.4 Å². The lowest BCUT2D eigenvalue weighted by Crippen LogP contribution is -2.42. The van der Waals surface area contributed by atoms with Gasteiger partial charge in [-0.15, -0.1) is 0 Å². The van der Waals surface area contributed by atoms with Crippen LogP contribution in [0.25, 0.3) is 0 Å². The molecule has 0 saturated heterocycles. The van der Waals surface area contributed by atoms with Gasteiger partial charge in [0.25, 0.3) is 0 Å². The Balaban J connectivity index is 1.74. The summed E-state index contributed by atoms with van der Waals surface area (Å²) in [6, 6.07) is 12.6. The lowest BCUT2D eigenvalue weighted by atomic mass is 9.78. The first-order valence-corrected chi connectivity index (χ1v) is 12.6. The van der Waals surface area contributed by atoms with Crippen LogP contribution in [0.3, 0.4) is 0 Å². The molecule has 2 aromatic rings. The number of aryl methyl sites for hydroxylation is 2.